The average molecular weight is 222 g/mol. The minimum absolute atomic E-state index is 0.105. The van der Waals surface area contributed by atoms with Crippen LogP contribution < -0.4 is 10.5 Å². The van der Waals surface area contributed by atoms with Crippen molar-refractivity contribution in [3.8, 4) is 5.75 Å². The Morgan fingerprint density at radius 1 is 1.38 bits per heavy atom. The number of rotatable bonds is 5. The van der Waals surface area contributed by atoms with Gasteiger partial charge in [-0.2, -0.15) is 0 Å². The average Bonchev–Trinajstić information content (AvgIpc) is 2.28. The Morgan fingerprint density at radius 2 is 2.00 bits per heavy atom. The minimum Gasteiger partial charge on any atom is -0.494 e. The Labute approximate surface area is 95.7 Å². The monoisotopic (exact) mass is 222 g/mol. The summed E-state index contributed by atoms with van der Waals surface area (Å²) in [6.45, 7) is 5.02. The molecule has 4 heteroatoms. The molecule has 0 unspecified atom stereocenters. The normalized spacial score (nSPS) is 11.8. The molecule has 0 amide bonds. The molecule has 1 aromatic carbocycles. The molecule has 88 valence electrons. The van der Waals surface area contributed by atoms with Gasteiger partial charge in [0.1, 0.15) is 5.75 Å². The fourth-order valence-electron chi connectivity index (χ4n) is 1.19. The number of oxime groups is 1. The number of nitrogens with two attached hydrogens (primary N) is 1. The van der Waals surface area contributed by atoms with Gasteiger partial charge in [-0.3, -0.25) is 0 Å². The largest absolute Gasteiger partial charge is 0.494 e. The van der Waals surface area contributed by atoms with Gasteiger partial charge in [0.2, 0.25) is 0 Å². The second kappa shape index (κ2) is 6.00. The van der Waals surface area contributed by atoms with E-state index in [1.54, 1.807) is 12.1 Å². The zero-order valence-electron chi connectivity index (χ0n) is 9.68. The van der Waals surface area contributed by atoms with Gasteiger partial charge < -0.3 is 15.7 Å². The van der Waals surface area contributed by atoms with E-state index in [-0.39, 0.29) is 5.84 Å². The van der Waals surface area contributed by atoms with Crippen molar-refractivity contribution in [3.05, 3.63) is 29.8 Å². The summed E-state index contributed by atoms with van der Waals surface area (Å²) in [5, 5.41) is 11.4. The lowest BCUT2D eigenvalue weighted by Crippen LogP contribution is -2.12. The lowest BCUT2D eigenvalue weighted by atomic mass is 10.1. The van der Waals surface area contributed by atoms with Crippen molar-refractivity contribution in [2.24, 2.45) is 16.8 Å². The summed E-state index contributed by atoms with van der Waals surface area (Å²) in [5.41, 5.74) is 6.12. The molecule has 3 N–H and O–H groups in total. The van der Waals surface area contributed by atoms with Crippen LogP contribution in [0.25, 0.3) is 0 Å². The van der Waals surface area contributed by atoms with E-state index >= 15 is 0 Å². The van der Waals surface area contributed by atoms with Crippen molar-refractivity contribution >= 4 is 5.84 Å². The molecule has 0 aromatic heterocycles. The standard InChI is InChI=1S/C12H18N2O2/c1-9(2)7-8-16-11-5-3-10(4-6-11)12(13)14-15/h3-6,9,15H,7-8H2,1-2H3,(H2,13,14). The Hall–Kier alpha value is -1.71. The maximum absolute atomic E-state index is 8.49. The van der Waals surface area contributed by atoms with Crippen LogP contribution in [0.2, 0.25) is 0 Å². The van der Waals surface area contributed by atoms with Crippen molar-refractivity contribution in [2.45, 2.75) is 20.3 Å². The van der Waals surface area contributed by atoms with E-state index in [4.69, 9.17) is 15.7 Å². The van der Waals surface area contributed by atoms with E-state index in [9.17, 15) is 0 Å². The summed E-state index contributed by atoms with van der Waals surface area (Å²) in [6, 6.07) is 7.15. The third kappa shape index (κ3) is 3.81. The molecule has 0 aliphatic rings. The summed E-state index contributed by atoms with van der Waals surface area (Å²) in [4.78, 5) is 0. The molecule has 4 nitrogen and oxygen atoms in total. The Kier molecular flexibility index (Phi) is 4.64. The highest BCUT2D eigenvalue weighted by molar-refractivity contribution is 5.97. The van der Waals surface area contributed by atoms with Gasteiger partial charge in [-0.05, 0) is 36.6 Å². The quantitative estimate of drug-likeness (QED) is 0.347. The number of nitrogens with zero attached hydrogens (tertiary/aromatic N) is 1. The molecule has 1 aromatic rings. The van der Waals surface area contributed by atoms with Crippen molar-refractivity contribution in [3.63, 3.8) is 0 Å². The van der Waals surface area contributed by atoms with Gasteiger partial charge in [-0.25, -0.2) is 0 Å². The van der Waals surface area contributed by atoms with Crippen LogP contribution in [-0.2, 0) is 0 Å². The molecule has 0 aliphatic carbocycles. The lowest BCUT2D eigenvalue weighted by molar-refractivity contribution is 0.289. The van der Waals surface area contributed by atoms with Gasteiger partial charge in [0.15, 0.2) is 5.84 Å². The van der Waals surface area contributed by atoms with E-state index in [0.29, 0.717) is 18.1 Å². The molecule has 0 saturated carbocycles. The van der Waals surface area contributed by atoms with Crippen LogP contribution >= 0.6 is 0 Å². The number of ether oxygens (including phenoxy) is 1. The van der Waals surface area contributed by atoms with Crippen molar-refractivity contribution in [1.82, 2.24) is 0 Å². The van der Waals surface area contributed by atoms with Gasteiger partial charge in [0.25, 0.3) is 0 Å². The van der Waals surface area contributed by atoms with Gasteiger partial charge in [0, 0.05) is 5.56 Å². The smallest absolute Gasteiger partial charge is 0.170 e. The maximum Gasteiger partial charge on any atom is 0.170 e. The van der Waals surface area contributed by atoms with Gasteiger partial charge in [-0.15, -0.1) is 0 Å². The summed E-state index contributed by atoms with van der Waals surface area (Å²) in [6.07, 6.45) is 1.03. The van der Waals surface area contributed by atoms with Crippen LogP contribution in [0.4, 0.5) is 0 Å². The topological polar surface area (TPSA) is 67.8 Å². The Balaban J connectivity index is 2.52. The predicted octanol–water partition coefficient (Wildman–Crippen LogP) is 2.21. The number of hydrogen-bond acceptors (Lipinski definition) is 3. The lowest BCUT2D eigenvalue weighted by Gasteiger charge is -2.08. The van der Waals surface area contributed by atoms with Crippen LogP contribution in [0, 0.1) is 5.92 Å². The van der Waals surface area contributed by atoms with E-state index in [1.165, 1.54) is 0 Å². The molecule has 0 heterocycles. The van der Waals surface area contributed by atoms with Crippen LogP contribution in [0.3, 0.4) is 0 Å². The minimum atomic E-state index is 0.105. The molecule has 1 rings (SSSR count). The van der Waals surface area contributed by atoms with Crippen molar-refractivity contribution in [1.29, 1.82) is 0 Å². The first kappa shape index (κ1) is 12.4. The Morgan fingerprint density at radius 3 is 2.50 bits per heavy atom. The SMILES string of the molecule is CC(C)CCOc1ccc(/C(N)=N\O)cc1. The third-order valence-electron chi connectivity index (χ3n) is 2.22. The zero-order chi connectivity index (χ0) is 12.0. The van der Waals surface area contributed by atoms with Crippen LogP contribution in [0.15, 0.2) is 29.4 Å². The molecular formula is C12H18N2O2. The highest BCUT2D eigenvalue weighted by Crippen LogP contribution is 2.13. The second-order valence-corrected chi connectivity index (χ2v) is 4.04. The fourth-order valence-corrected chi connectivity index (χ4v) is 1.19. The van der Waals surface area contributed by atoms with Crippen LogP contribution in [0.5, 0.6) is 5.75 Å². The number of amidine groups is 1. The molecule has 0 bridgehead atoms. The third-order valence-corrected chi connectivity index (χ3v) is 2.22. The second-order valence-electron chi connectivity index (χ2n) is 4.04. The molecule has 16 heavy (non-hydrogen) atoms. The molecule has 0 fully saturated rings. The summed E-state index contributed by atoms with van der Waals surface area (Å²) < 4.78 is 5.54. The van der Waals surface area contributed by atoms with Crippen LogP contribution in [0.1, 0.15) is 25.8 Å². The summed E-state index contributed by atoms with van der Waals surface area (Å²) in [5.74, 6) is 1.54. The van der Waals surface area contributed by atoms with E-state index in [0.717, 1.165) is 12.2 Å². The van der Waals surface area contributed by atoms with E-state index in [2.05, 4.69) is 19.0 Å². The number of benzene rings is 1. The Bertz CT molecular complexity index is 345. The van der Waals surface area contributed by atoms with E-state index in [1.807, 2.05) is 12.1 Å². The van der Waals surface area contributed by atoms with Crippen LogP contribution in [-0.4, -0.2) is 17.6 Å². The molecule has 0 atom stereocenters. The van der Waals surface area contributed by atoms with Crippen molar-refractivity contribution < 1.29 is 9.94 Å². The number of hydrogen-bond donors (Lipinski definition) is 2. The first-order valence-electron chi connectivity index (χ1n) is 5.34. The van der Waals surface area contributed by atoms with Gasteiger partial charge in [0.05, 0.1) is 6.61 Å². The van der Waals surface area contributed by atoms with Crippen molar-refractivity contribution in [2.75, 3.05) is 6.61 Å². The molecule has 0 saturated heterocycles. The molecule has 0 aliphatic heterocycles. The maximum atomic E-state index is 8.49. The fraction of sp³-hybridized carbons (Fsp3) is 0.417. The first-order valence-corrected chi connectivity index (χ1v) is 5.34. The summed E-state index contributed by atoms with van der Waals surface area (Å²) in [7, 11) is 0. The van der Waals surface area contributed by atoms with Gasteiger partial charge >= 0.3 is 0 Å². The molecular weight excluding hydrogens is 204 g/mol. The highest BCUT2D eigenvalue weighted by Gasteiger charge is 2.00. The summed E-state index contributed by atoms with van der Waals surface area (Å²) >= 11 is 0. The van der Waals surface area contributed by atoms with Gasteiger partial charge in [-0.1, -0.05) is 19.0 Å². The zero-order valence-corrected chi connectivity index (χ0v) is 9.68. The predicted molar refractivity (Wildman–Crippen MR) is 63.9 cm³/mol. The first-order chi connectivity index (χ1) is 7.63. The molecule has 0 spiro atoms. The highest BCUT2D eigenvalue weighted by atomic mass is 16.5. The van der Waals surface area contributed by atoms with E-state index < -0.39 is 0 Å². The molecule has 0 radical (unpaired) electrons.